The Kier molecular flexibility index (Phi) is 5.64. The van der Waals surface area contributed by atoms with E-state index in [9.17, 15) is 0 Å². The van der Waals surface area contributed by atoms with Crippen molar-refractivity contribution in [1.82, 2.24) is 5.32 Å². The molecule has 1 atom stereocenters. The predicted octanol–water partition coefficient (Wildman–Crippen LogP) is 5.50. The Hall–Kier alpha value is -0.830. The average molecular weight is 353 g/mol. The minimum absolute atomic E-state index is 0.207. The lowest BCUT2D eigenvalue weighted by Crippen LogP contribution is -2.23. The first kappa shape index (κ1) is 15.6. The molecule has 0 aliphatic rings. The van der Waals surface area contributed by atoms with Crippen LogP contribution in [0.1, 0.15) is 36.1 Å². The molecule has 0 heterocycles. The molecule has 1 N–H and O–H groups in total. The van der Waals surface area contributed by atoms with Crippen LogP contribution in [-0.4, -0.2) is 6.54 Å². The number of hydrogen-bond donors (Lipinski definition) is 1. The zero-order valence-electron chi connectivity index (χ0n) is 11.8. The molecular weight excluding hydrogens is 334 g/mol. The largest absolute Gasteiger partial charge is 0.306 e. The molecule has 1 nitrogen and oxygen atoms in total. The van der Waals surface area contributed by atoms with Crippen LogP contribution in [0, 0.1) is 6.92 Å². The molecule has 0 radical (unpaired) electrons. The Balaban J connectivity index is 2.35. The predicted molar refractivity (Wildman–Crippen MR) is 90.5 cm³/mol. The van der Waals surface area contributed by atoms with Gasteiger partial charge in [0.25, 0.3) is 0 Å². The first-order chi connectivity index (χ1) is 9.61. The van der Waals surface area contributed by atoms with Gasteiger partial charge in [0, 0.05) is 9.50 Å². The lowest BCUT2D eigenvalue weighted by Gasteiger charge is -2.20. The molecule has 20 heavy (non-hydrogen) atoms. The molecule has 0 saturated heterocycles. The third-order valence-electron chi connectivity index (χ3n) is 3.32. The van der Waals surface area contributed by atoms with Gasteiger partial charge in [-0.25, -0.2) is 0 Å². The van der Waals surface area contributed by atoms with Crippen molar-refractivity contribution in [3.8, 4) is 0 Å². The second-order valence-electron chi connectivity index (χ2n) is 4.95. The molecule has 0 aliphatic carbocycles. The normalized spacial score (nSPS) is 12.4. The van der Waals surface area contributed by atoms with Crippen LogP contribution >= 0.6 is 27.5 Å². The molecule has 0 fully saturated rings. The van der Waals surface area contributed by atoms with Crippen molar-refractivity contribution in [2.45, 2.75) is 26.3 Å². The quantitative estimate of drug-likeness (QED) is 0.749. The summed E-state index contributed by atoms with van der Waals surface area (Å²) in [5, 5.41) is 4.43. The number of nitrogens with one attached hydrogen (secondary N) is 1. The van der Waals surface area contributed by atoms with Crippen LogP contribution in [0.25, 0.3) is 0 Å². The van der Waals surface area contributed by atoms with Crippen LogP contribution < -0.4 is 5.32 Å². The molecule has 0 aromatic heterocycles. The summed E-state index contributed by atoms with van der Waals surface area (Å²) >= 11 is 9.62. The summed E-state index contributed by atoms with van der Waals surface area (Å²) in [6.45, 7) is 5.21. The van der Waals surface area contributed by atoms with Crippen molar-refractivity contribution >= 4 is 27.5 Å². The smallest absolute Gasteiger partial charge is 0.0576 e. The van der Waals surface area contributed by atoms with E-state index < -0.39 is 0 Å². The Bertz CT molecular complexity index is 566. The first-order valence-electron chi connectivity index (χ1n) is 6.86. The highest BCUT2D eigenvalue weighted by Crippen LogP contribution is 2.26. The number of rotatable bonds is 5. The highest BCUT2D eigenvalue weighted by atomic mass is 79.9. The van der Waals surface area contributed by atoms with Gasteiger partial charge in [-0.1, -0.05) is 58.7 Å². The topological polar surface area (TPSA) is 12.0 Å². The summed E-state index contributed by atoms with van der Waals surface area (Å²) < 4.78 is 1.10. The van der Waals surface area contributed by atoms with E-state index in [-0.39, 0.29) is 6.04 Å². The van der Waals surface area contributed by atoms with Crippen molar-refractivity contribution in [3.63, 3.8) is 0 Å². The van der Waals surface area contributed by atoms with Gasteiger partial charge in [0.2, 0.25) is 0 Å². The molecule has 2 rings (SSSR count). The highest BCUT2D eigenvalue weighted by Gasteiger charge is 2.14. The lowest BCUT2D eigenvalue weighted by molar-refractivity contribution is 0.598. The van der Waals surface area contributed by atoms with Gasteiger partial charge in [-0.15, -0.1) is 0 Å². The molecule has 2 aromatic rings. The maximum Gasteiger partial charge on any atom is 0.0576 e. The minimum Gasteiger partial charge on any atom is -0.306 e. The summed E-state index contributed by atoms with van der Waals surface area (Å²) in [5.41, 5.74) is 3.63. The maximum atomic E-state index is 6.13. The van der Waals surface area contributed by atoms with Crippen LogP contribution in [0.4, 0.5) is 0 Å². The van der Waals surface area contributed by atoms with E-state index in [4.69, 9.17) is 11.6 Å². The van der Waals surface area contributed by atoms with Gasteiger partial charge in [0.1, 0.15) is 0 Å². The Morgan fingerprint density at radius 2 is 1.75 bits per heavy atom. The fraction of sp³-hybridized carbons (Fsp3) is 0.294. The van der Waals surface area contributed by atoms with Crippen molar-refractivity contribution < 1.29 is 0 Å². The number of benzene rings is 2. The number of aryl methyl sites for hydroxylation is 1. The van der Waals surface area contributed by atoms with E-state index in [1.54, 1.807) is 0 Å². The fourth-order valence-electron chi connectivity index (χ4n) is 2.22. The first-order valence-corrected chi connectivity index (χ1v) is 8.04. The molecule has 0 aliphatic heterocycles. The van der Waals surface area contributed by atoms with E-state index >= 15 is 0 Å². The Morgan fingerprint density at radius 1 is 1.10 bits per heavy atom. The molecule has 0 spiro atoms. The van der Waals surface area contributed by atoms with Gasteiger partial charge < -0.3 is 5.32 Å². The molecule has 0 amide bonds. The molecular formula is C17H19BrClN. The summed E-state index contributed by atoms with van der Waals surface area (Å²) in [7, 11) is 0. The fourth-order valence-corrected chi connectivity index (χ4v) is 2.60. The molecule has 0 saturated carbocycles. The van der Waals surface area contributed by atoms with E-state index in [0.717, 1.165) is 28.0 Å². The van der Waals surface area contributed by atoms with Crippen LogP contribution in [0.15, 0.2) is 46.9 Å². The van der Waals surface area contributed by atoms with Crippen LogP contribution in [0.5, 0.6) is 0 Å². The van der Waals surface area contributed by atoms with Crippen molar-refractivity contribution in [2.24, 2.45) is 0 Å². The zero-order valence-corrected chi connectivity index (χ0v) is 14.1. The number of hydrogen-bond acceptors (Lipinski definition) is 1. The van der Waals surface area contributed by atoms with Gasteiger partial charge in [0.05, 0.1) is 6.04 Å². The summed E-state index contributed by atoms with van der Waals surface area (Å²) in [5.74, 6) is 0. The lowest BCUT2D eigenvalue weighted by atomic mass is 9.97. The van der Waals surface area contributed by atoms with Gasteiger partial charge in [-0.2, -0.15) is 0 Å². The maximum absolute atomic E-state index is 6.13. The van der Waals surface area contributed by atoms with E-state index in [0.29, 0.717) is 0 Å². The van der Waals surface area contributed by atoms with Gasteiger partial charge >= 0.3 is 0 Å². The SMILES string of the molecule is CCCNC(c1ccc(Br)cc1)c1ccc(Cl)c(C)c1. The van der Waals surface area contributed by atoms with Crippen LogP contribution in [-0.2, 0) is 0 Å². The molecule has 2 aromatic carbocycles. The summed E-state index contributed by atoms with van der Waals surface area (Å²) in [6, 6.07) is 14.9. The highest BCUT2D eigenvalue weighted by molar-refractivity contribution is 9.10. The van der Waals surface area contributed by atoms with Crippen molar-refractivity contribution in [1.29, 1.82) is 0 Å². The molecule has 1 unspecified atom stereocenters. The third kappa shape index (κ3) is 3.85. The molecule has 106 valence electrons. The van der Waals surface area contributed by atoms with Gasteiger partial charge in [0.15, 0.2) is 0 Å². The Labute approximate surface area is 134 Å². The second kappa shape index (κ2) is 7.26. The van der Waals surface area contributed by atoms with E-state index in [1.165, 1.54) is 11.1 Å². The van der Waals surface area contributed by atoms with Gasteiger partial charge in [-0.3, -0.25) is 0 Å². The monoisotopic (exact) mass is 351 g/mol. The van der Waals surface area contributed by atoms with E-state index in [2.05, 4.69) is 64.6 Å². The summed E-state index contributed by atoms with van der Waals surface area (Å²) in [4.78, 5) is 0. The number of halogens is 2. The third-order valence-corrected chi connectivity index (χ3v) is 4.27. The molecule has 3 heteroatoms. The van der Waals surface area contributed by atoms with Crippen LogP contribution in [0.2, 0.25) is 5.02 Å². The Morgan fingerprint density at radius 3 is 2.35 bits per heavy atom. The van der Waals surface area contributed by atoms with Crippen molar-refractivity contribution in [2.75, 3.05) is 6.54 Å². The summed E-state index contributed by atoms with van der Waals surface area (Å²) in [6.07, 6.45) is 1.11. The van der Waals surface area contributed by atoms with Crippen molar-refractivity contribution in [3.05, 3.63) is 68.7 Å². The van der Waals surface area contributed by atoms with Gasteiger partial charge in [-0.05, 0) is 54.8 Å². The minimum atomic E-state index is 0.207. The van der Waals surface area contributed by atoms with Crippen LogP contribution in [0.3, 0.4) is 0 Å². The van der Waals surface area contributed by atoms with E-state index in [1.807, 2.05) is 13.0 Å². The second-order valence-corrected chi connectivity index (χ2v) is 6.27. The average Bonchev–Trinajstić information content (AvgIpc) is 2.45. The zero-order chi connectivity index (χ0) is 14.5. The molecule has 0 bridgehead atoms. The standard InChI is InChI=1S/C17H19BrClN/c1-3-10-20-17(13-4-7-15(18)8-5-13)14-6-9-16(19)12(2)11-14/h4-9,11,17,20H,3,10H2,1-2H3.